The Hall–Kier alpha value is -2.00. The third kappa shape index (κ3) is 7.78. The average molecular weight is 603 g/mol. The molecule has 7 nitrogen and oxygen atoms in total. The number of carbonyl (C=O) groups is 2. The van der Waals surface area contributed by atoms with Crippen LogP contribution in [0, 0.1) is 6.92 Å². The number of anilines is 1. The Morgan fingerprint density at radius 2 is 1.68 bits per heavy atom. The van der Waals surface area contributed by atoms with Crippen LogP contribution < -0.4 is 9.62 Å². The molecule has 1 N–H and O–H groups in total. The van der Waals surface area contributed by atoms with Gasteiger partial charge in [0.25, 0.3) is 0 Å². The monoisotopic (exact) mass is 601 g/mol. The molecular formula is C27H34Cl3N3O4S. The number of rotatable bonds is 10. The minimum atomic E-state index is -3.88. The molecular weight excluding hydrogens is 569 g/mol. The highest BCUT2D eigenvalue weighted by molar-refractivity contribution is 7.92. The van der Waals surface area contributed by atoms with E-state index in [0.717, 1.165) is 42.7 Å². The van der Waals surface area contributed by atoms with Crippen LogP contribution in [-0.4, -0.2) is 50.0 Å². The van der Waals surface area contributed by atoms with Gasteiger partial charge >= 0.3 is 0 Å². The summed E-state index contributed by atoms with van der Waals surface area (Å²) in [4.78, 5) is 28.8. The van der Waals surface area contributed by atoms with Gasteiger partial charge < -0.3 is 10.2 Å². The van der Waals surface area contributed by atoms with Gasteiger partial charge in [-0.1, -0.05) is 73.1 Å². The fraction of sp³-hybridized carbons (Fsp3) is 0.481. The summed E-state index contributed by atoms with van der Waals surface area (Å²) in [5.41, 5.74) is 1.41. The van der Waals surface area contributed by atoms with Crippen molar-refractivity contribution < 1.29 is 18.0 Å². The summed E-state index contributed by atoms with van der Waals surface area (Å²) in [6, 6.07) is 9.06. The van der Waals surface area contributed by atoms with Crippen LogP contribution in [0.2, 0.25) is 15.1 Å². The van der Waals surface area contributed by atoms with Gasteiger partial charge in [-0.25, -0.2) is 8.42 Å². The van der Waals surface area contributed by atoms with Crippen molar-refractivity contribution in [1.82, 2.24) is 10.2 Å². The van der Waals surface area contributed by atoms with E-state index in [9.17, 15) is 18.0 Å². The molecule has 1 aliphatic carbocycles. The van der Waals surface area contributed by atoms with Crippen molar-refractivity contribution in [2.24, 2.45) is 0 Å². The Labute approximate surface area is 240 Å². The van der Waals surface area contributed by atoms with Crippen LogP contribution in [0.3, 0.4) is 0 Å². The maximum atomic E-state index is 13.9. The molecule has 2 aromatic rings. The minimum Gasteiger partial charge on any atom is -0.352 e. The van der Waals surface area contributed by atoms with Gasteiger partial charge in [-0.05, 0) is 56.0 Å². The molecule has 2 aromatic carbocycles. The van der Waals surface area contributed by atoms with E-state index in [1.807, 2.05) is 6.92 Å². The average Bonchev–Trinajstić information content (AvgIpc) is 2.85. The number of amides is 2. The first-order valence-electron chi connectivity index (χ1n) is 12.7. The van der Waals surface area contributed by atoms with Crippen LogP contribution in [0.4, 0.5) is 5.69 Å². The van der Waals surface area contributed by atoms with E-state index < -0.39 is 28.5 Å². The second-order valence-electron chi connectivity index (χ2n) is 9.69. The van der Waals surface area contributed by atoms with Crippen LogP contribution in [0.5, 0.6) is 0 Å². The minimum absolute atomic E-state index is 0.0489. The van der Waals surface area contributed by atoms with Gasteiger partial charge in [0.1, 0.15) is 12.6 Å². The topological polar surface area (TPSA) is 86.8 Å². The van der Waals surface area contributed by atoms with Gasteiger partial charge in [0, 0.05) is 33.2 Å². The van der Waals surface area contributed by atoms with Crippen molar-refractivity contribution in [2.45, 2.75) is 71.0 Å². The molecule has 1 fully saturated rings. The number of nitrogens with zero attached hydrogens (tertiary/aromatic N) is 2. The maximum Gasteiger partial charge on any atom is 0.244 e. The molecule has 0 saturated heterocycles. The Kier molecular flexibility index (Phi) is 10.7. The quantitative estimate of drug-likeness (QED) is 0.363. The zero-order valence-electron chi connectivity index (χ0n) is 21.8. The molecule has 208 valence electrons. The Bertz CT molecular complexity index is 1250. The largest absolute Gasteiger partial charge is 0.352 e. The molecule has 2 amide bonds. The number of hydrogen-bond acceptors (Lipinski definition) is 4. The van der Waals surface area contributed by atoms with Crippen molar-refractivity contribution >= 4 is 62.3 Å². The molecule has 1 atom stereocenters. The molecule has 11 heteroatoms. The summed E-state index contributed by atoms with van der Waals surface area (Å²) in [5, 5.41) is 4.14. The van der Waals surface area contributed by atoms with E-state index in [1.54, 1.807) is 37.3 Å². The van der Waals surface area contributed by atoms with Crippen LogP contribution in [-0.2, 0) is 26.2 Å². The first-order valence-corrected chi connectivity index (χ1v) is 15.7. The SMILES string of the molecule is CCC(C(=O)NC1CCCCC1)N(Cc1c(Cl)cccc1Cl)C(=O)CN(c1cc(Cl)ccc1C)S(C)(=O)=O. The number of halogens is 3. The summed E-state index contributed by atoms with van der Waals surface area (Å²) in [6.07, 6.45) is 6.36. The predicted molar refractivity (Wildman–Crippen MR) is 154 cm³/mol. The van der Waals surface area contributed by atoms with Crippen LogP contribution >= 0.6 is 34.8 Å². The van der Waals surface area contributed by atoms with Crippen molar-refractivity contribution in [1.29, 1.82) is 0 Å². The lowest BCUT2D eigenvalue weighted by molar-refractivity contribution is -0.140. The lowest BCUT2D eigenvalue weighted by atomic mass is 9.95. The second kappa shape index (κ2) is 13.4. The van der Waals surface area contributed by atoms with E-state index in [-0.39, 0.29) is 18.5 Å². The Morgan fingerprint density at radius 3 is 2.26 bits per heavy atom. The van der Waals surface area contributed by atoms with E-state index in [1.165, 1.54) is 11.0 Å². The number of hydrogen-bond donors (Lipinski definition) is 1. The molecule has 1 unspecified atom stereocenters. The number of aryl methyl sites for hydroxylation is 1. The van der Waals surface area contributed by atoms with E-state index in [4.69, 9.17) is 34.8 Å². The van der Waals surface area contributed by atoms with Gasteiger partial charge in [0.2, 0.25) is 21.8 Å². The lowest BCUT2D eigenvalue weighted by Gasteiger charge is -2.34. The molecule has 0 aliphatic heterocycles. The summed E-state index contributed by atoms with van der Waals surface area (Å²) >= 11 is 19.0. The molecule has 1 saturated carbocycles. The smallest absolute Gasteiger partial charge is 0.244 e. The highest BCUT2D eigenvalue weighted by Gasteiger charge is 2.34. The number of sulfonamides is 1. The zero-order chi connectivity index (χ0) is 28.0. The Morgan fingerprint density at radius 1 is 1.05 bits per heavy atom. The van der Waals surface area contributed by atoms with Crippen molar-refractivity contribution in [3.8, 4) is 0 Å². The van der Waals surface area contributed by atoms with E-state index >= 15 is 0 Å². The van der Waals surface area contributed by atoms with Crippen LogP contribution in [0.25, 0.3) is 0 Å². The summed E-state index contributed by atoms with van der Waals surface area (Å²) in [6.45, 7) is 2.98. The molecule has 1 aliphatic rings. The predicted octanol–water partition coefficient (Wildman–Crippen LogP) is 5.98. The van der Waals surface area contributed by atoms with Gasteiger partial charge in [0.05, 0.1) is 11.9 Å². The number of benzene rings is 2. The van der Waals surface area contributed by atoms with Crippen LogP contribution in [0.1, 0.15) is 56.6 Å². The van der Waals surface area contributed by atoms with E-state index in [2.05, 4.69) is 5.32 Å². The van der Waals surface area contributed by atoms with Gasteiger partial charge in [-0.2, -0.15) is 0 Å². The fourth-order valence-electron chi connectivity index (χ4n) is 4.76. The van der Waals surface area contributed by atoms with Crippen molar-refractivity contribution in [2.75, 3.05) is 17.1 Å². The molecule has 0 heterocycles. The fourth-order valence-corrected chi connectivity index (χ4v) is 6.35. The van der Waals surface area contributed by atoms with Crippen molar-refractivity contribution in [3.05, 3.63) is 62.6 Å². The second-order valence-corrected chi connectivity index (χ2v) is 12.8. The first-order chi connectivity index (χ1) is 17.9. The highest BCUT2D eigenvalue weighted by Crippen LogP contribution is 2.29. The standard InChI is InChI=1S/C27H34Cl3N3O4S/c1-4-24(27(35)31-20-9-6-5-7-10-20)32(16-21-22(29)11-8-12-23(21)30)26(34)17-33(38(3,36)37)25-15-19(28)14-13-18(25)2/h8,11-15,20,24H,4-7,9-10,16-17H2,1-3H3,(H,31,35). The van der Waals surface area contributed by atoms with Gasteiger partial charge in [-0.3, -0.25) is 13.9 Å². The zero-order valence-corrected chi connectivity index (χ0v) is 24.9. The number of carbonyl (C=O) groups excluding carboxylic acids is 2. The molecule has 0 aromatic heterocycles. The van der Waals surface area contributed by atoms with Gasteiger partial charge in [0.15, 0.2) is 0 Å². The summed E-state index contributed by atoms with van der Waals surface area (Å²) in [7, 11) is -3.88. The third-order valence-electron chi connectivity index (χ3n) is 6.85. The van der Waals surface area contributed by atoms with Crippen LogP contribution in [0.15, 0.2) is 36.4 Å². The highest BCUT2D eigenvalue weighted by atomic mass is 35.5. The first kappa shape index (κ1) is 30.5. The molecule has 38 heavy (non-hydrogen) atoms. The molecule has 0 bridgehead atoms. The Balaban J connectivity index is 1.99. The number of nitrogens with one attached hydrogen (secondary N) is 1. The third-order valence-corrected chi connectivity index (χ3v) is 8.92. The van der Waals surface area contributed by atoms with Crippen molar-refractivity contribution in [3.63, 3.8) is 0 Å². The molecule has 0 radical (unpaired) electrons. The molecule has 3 rings (SSSR count). The summed E-state index contributed by atoms with van der Waals surface area (Å²) in [5.74, 6) is -0.836. The normalized spacial score (nSPS) is 15.1. The maximum absolute atomic E-state index is 13.9. The van der Waals surface area contributed by atoms with E-state index in [0.29, 0.717) is 38.3 Å². The summed E-state index contributed by atoms with van der Waals surface area (Å²) < 4.78 is 26.7. The molecule has 0 spiro atoms. The lowest BCUT2D eigenvalue weighted by Crippen LogP contribution is -2.54. The van der Waals surface area contributed by atoms with Gasteiger partial charge in [-0.15, -0.1) is 0 Å².